The number of nitro groups is 1. The minimum absolute atomic E-state index is 0.169. The largest absolute Gasteiger partial charge is 0.493 e. The lowest BCUT2D eigenvalue weighted by Crippen LogP contribution is -2.13. The number of esters is 1. The third-order valence-corrected chi connectivity index (χ3v) is 4.39. The van der Waals surface area contributed by atoms with Gasteiger partial charge in [-0.1, -0.05) is 30.3 Å². The van der Waals surface area contributed by atoms with Crippen molar-refractivity contribution in [2.24, 2.45) is 0 Å². The summed E-state index contributed by atoms with van der Waals surface area (Å²) in [6.07, 6.45) is 1.32. The topological polar surface area (TPSA) is 132 Å². The van der Waals surface area contributed by atoms with Crippen molar-refractivity contribution in [2.75, 3.05) is 12.4 Å². The molecule has 9 nitrogen and oxygen atoms in total. The molecule has 164 valence electrons. The lowest BCUT2D eigenvalue weighted by atomic mass is 10.1. The van der Waals surface area contributed by atoms with Gasteiger partial charge in [0.25, 0.3) is 11.6 Å². The number of anilines is 1. The Hall–Kier alpha value is -4.97. The number of hydrogen-bond donors (Lipinski definition) is 1. The summed E-state index contributed by atoms with van der Waals surface area (Å²) in [7, 11) is 1.39. The molecule has 0 aliphatic rings. The van der Waals surface area contributed by atoms with E-state index >= 15 is 0 Å². The number of nitrogens with zero attached hydrogens (tertiary/aromatic N) is 2. The van der Waals surface area contributed by atoms with E-state index in [1.54, 1.807) is 42.5 Å². The quantitative estimate of drug-likeness (QED) is 0.143. The van der Waals surface area contributed by atoms with Crippen molar-refractivity contribution in [3.8, 4) is 17.6 Å². The molecular weight excluding hydrogens is 426 g/mol. The van der Waals surface area contributed by atoms with Crippen molar-refractivity contribution in [1.29, 1.82) is 5.26 Å². The summed E-state index contributed by atoms with van der Waals surface area (Å²) in [6.45, 7) is 0. The molecule has 0 bridgehead atoms. The molecule has 0 saturated heterocycles. The Morgan fingerprint density at radius 2 is 1.79 bits per heavy atom. The molecular formula is C24H17N3O6. The number of carbonyl (C=O) groups is 2. The van der Waals surface area contributed by atoms with Gasteiger partial charge in [0.05, 0.1) is 17.6 Å². The Labute approximate surface area is 188 Å². The zero-order valence-corrected chi connectivity index (χ0v) is 17.3. The molecule has 0 saturated carbocycles. The second kappa shape index (κ2) is 10.4. The van der Waals surface area contributed by atoms with Gasteiger partial charge in [0.15, 0.2) is 11.5 Å². The summed E-state index contributed by atoms with van der Waals surface area (Å²) in [6, 6.07) is 20.1. The summed E-state index contributed by atoms with van der Waals surface area (Å²) < 4.78 is 10.7. The number of nitro benzene ring substituents is 1. The van der Waals surface area contributed by atoms with Gasteiger partial charge in [-0.05, 0) is 42.0 Å². The van der Waals surface area contributed by atoms with Crippen LogP contribution in [0.2, 0.25) is 0 Å². The smallest absolute Gasteiger partial charge is 0.343 e. The second-order valence-electron chi connectivity index (χ2n) is 6.60. The first-order valence-corrected chi connectivity index (χ1v) is 9.54. The molecule has 0 radical (unpaired) electrons. The molecule has 9 heteroatoms. The number of hydrogen-bond acceptors (Lipinski definition) is 7. The van der Waals surface area contributed by atoms with Gasteiger partial charge in [-0.25, -0.2) is 4.79 Å². The average molecular weight is 443 g/mol. The highest BCUT2D eigenvalue weighted by atomic mass is 16.6. The van der Waals surface area contributed by atoms with Crippen molar-refractivity contribution in [2.45, 2.75) is 0 Å². The fraction of sp³-hybridized carbons (Fsp3) is 0.0417. The summed E-state index contributed by atoms with van der Waals surface area (Å²) in [5.74, 6) is -0.907. The van der Waals surface area contributed by atoms with Gasteiger partial charge in [0.1, 0.15) is 11.6 Å². The molecule has 0 unspecified atom stereocenters. The molecule has 1 N–H and O–H groups in total. The van der Waals surface area contributed by atoms with Gasteiger partial charge in [0, 0.05) is 17.8 Å². The maximum Gasteiger partial charge on any atom is 0.343 e. The highest BCUT2D eigenvalue weighted by Crippen LogP contribution is 2.30. The highest BCUT2D eigenvalue weighted by molar-refractivity contribution is 6.09. The minimum atomic E-state index is -0.739. The monoisotopic (exact) mass is 443 g/mol. The lowest BCUT2D eigenvalue weighted by Gasteiger charge is -2.10. The number of methoxy groups -OCH3 is 1. The number of nitriles is 1. The molecule has 0 fully saturated rings. The maximum atomic E-state index is 12.5. The molecule has 3 rings (SSSR count). The number of carbonyl (C=O) groups excluding carboxylic acids is 2. The fourth-order valence-electron chi connectivity index (χ4n) is 2.80. The Morgan fingerprint density at radius 1 is 1.03 bits per heavy atom. The predicted octanol–water partition coefficient (Wildman–Crippen LogP) is 4.37. The van der Waals surface area contributed by atoms with E-state index in [0.717, 1.165) is 0 Å². The van der Waals surface area contributed by atoms with Crippen LogP contribution in [0, 0.1) is 21.4 Å². The molecule has 3 aromatic rings. The molecule has 0 spiro atoms. The van der Waals surface area contributed by atoms with Crippen LogP contribution in [0.1, 0.15) is 15.9 Å². The van der Waals surface area contributed by atoms with Crippen LogP contribution in [-0.4, -0.2) is 23.9 Å². The lowest BCUT2D eigenvalue weighted by molar-refractivity contribution is -0.384. The van der Waals surface area contributed by atoms with Crippen LogP contribution >= 0.6 is 0 Å². The number of nitrogens with one attached hydrogen (secondary N) is 1. The average Bonchev–Trinajstić information content (AvgIpc) is 2.83. The van der Waals surface area contributed by atoms with Gasteiger partial charge in [-0.15, -0.1) is 0 Å². The van der Waals surface area contributed by atoms with Crippen LogP contribution in [0.3, 0.4) is 0 Å². The van der Waals surface area contributed by atoms with Crippen molar-refractivity contribution < 1.29 is 24.0 Å². The molecule has 0 aliphatic heterocycles. The van der Waals surface area contributed by atoms with Crippen molar-refractivity contribution >= 4 is 29.3 Å². The zero-order valence-electron chi connectivity index (χ0n) is 17.3. The van der Waals surface area contributed by atoms with E-state index in [9.17, 15) is 25.0 Å². The van der Waals surface area contributed by atoms with E-state index in [2.05, 4.69) is 5.32 Å². The SMILES string of the molecule is COc1cc(/C=C(\C#N)C(=O)Nc2cccc([N+](=O)[O-])c2)ccc1OC(=O)c1ccccc1. The molecule has 3 aromatic carbocycles. The second-order valence-corrected chi connectivity index (χ2v) is 6.60. The highest BCUT2D eigenvalue weighted by Gasteiger charge is 2.15. The first-order valence-electron chi connectivity index (χ1n) is 9.54. The van der Waals surface area contributed by atoms with Crippen LogP contribution in [-0.2, 0) is 4.79 Å². The van der Waals surface area contributed by atoms with Crippen LogP contribution in [0.25, 0.3) is 6.08 Å². The maximum absolute atomic E-state index is 12.5. The van der Waals surface area contributed by atoms with Gasteiger partial charge in [-0.2, -0.15) is 5.26 Å². The predicted molar refractivity (Wildman–Crippen MR) is 120 cm³/mol. The van der Waals surface area contributed by atoms with E-state index in [1.165, 1.54) is 49.6 Å². The summed E-state index contributed by atoms with van der Waals surface area (Å²) in [4.78, 5) is 35.1. The Kier molecular flexibility index (Phi) is 7.13. The van der Waals surface area contributed by atoms with Gasteiger partial charge in [0.2, 0.25) is 0 Å². The minimum Gasteiger partial charge on any atom is -0.493 e. The summed E-state index contributed by atoms with van der Waals surface area (Å²) >= 11 is 0. The zero-order chi connectivity index (χ0) is 23.8. The standard InChI is InChI=1S/C24H17N3O6/c1-32-22-13-16(10-11-21(22)33-24(29)17-6-3-2-4-7-17)12-18(15-25)23(28)26-19-8-5-9-20(14-19)27(30)31/h2-14H,1H3,(H,26,28)/b18-12+. The molecule has 0 heterocycles. The fourth-order valence-corrected chi connectivity index (χ4v) is 2.80. The Morgan fingerprint density at radius 3 is 2.45 bits per heavy atom. The number of amides is 1. The van der Waals surface area contributed by atoms with E-state index < -0.39 is 16.8 Å². The first-order chi connectivity index (χ1) is 15.9. The molecule has 0 aliphatic carbocycles. The molecule has 33 heavy (non-hydrogen) atoms. The molecule has 1 amide bonds. The van der Waals surface area contributed by atoms with E-state index in [0.29, 0.717) is 11.1 Å². The Bertz CT molecular complexity index is 1280. The normalized spacial score (nSPS) is 10.6. The van der Waals surface area contributed by atoms with Gasteiger partial charge >= 0.3 is 5.97 Å². The van der Waals surface area contributed by atoms with Gasteiger partial charge < -0.3 is 14.8 Å². The van der Waals surface area contributed by atoms with Crippen molar-refractivity contribution in [3.05, 3.63) is 99.6 Å². The summed E-state index contributed by atoms with van der Waals surface area (Å²) in [5, 5.41) is 22.8. The first kappa shape index (κ1) is 22.7. The van der Waals surface area contributed by atoms with Crippen LogP contribution < -0.4 is 14.8 Å². The summed E-state index contributed by atoms with van der Waals surface area (Å²) in [5.41, 5.74) is 0.555. The number of non-ortho nitro benzene ring substituents is 1. The van der Waals surface area contributed by atoms with E-state index in [4.69, 9.17) is 9.47 Å². The third kappa shape index (κ3) is 5.80. The van der Waals surface area contributed by atoms with Crippen LogP contribution in [0.4, 0.5) is 11.4 Å². The number of ether oxygens (including phenoxy) is 2. The molecule has 0 aromatic heterocycles. The van der Waals surface area contributed by atoms with Crippen molar-refractivity contribution in [3.63, 3.8) is 0 Å². The van der Waals surface area contributed by atoms with Crippen LogP contribution in [0.5, 0.6) is 11.5 Å². The third-order valence-electron chi connectivity index (χ3n) is 4.39. The van der Waals surface area contributed by atoms with Crippen molar-refractivity contribution in [1.82, 2.24) is 0 Å². The number of benzene rings is 3. The number of rotatable bonds is 7. The Balaban J connectivity index is 1.80. The van der Waals surface area contributed by atoms with E-state index in [1.807, 2.05) is 0 Å². The molecule has 0 atom stereocenters. The van der Waals surface area contributed by atoms with Gasteiger partial charge in [-0.3, -0.25) is 14.9 Å². The van der Waals surface area contributed by atoms with Crippen LogP contribution in [0.15, 0.2) is 78.4 Å². The van der Waals surface area contributed by atoms with E-state index in [-0.39, 0.29) is 28.4 Å².